The largest absolute Gasteiger partial charge is 0.489 e. The van der Waals surface area contributed by atoms with Gasteiger partial charge < -0.3 is 9.84 Å². The first-order chi connectivity index (χ1) is 10.5. The molecule has 2 aromatic carbocycles. The second-order valence-electron chi connectivity index (χ2n) is 5.62. The van der Waals surface area contributed by atoms with Crippen molar-refractivity contribution < 1.29 is 14.6 Å². The van der Waals surface area contributed by atoms with E-state index in [1.54, 1.807) is 0 Å². The fraction of sp³-hybridized carbons (Fsp3) is 0.316. The third-order valence-electron chi connectivity index (χ3n) is 3.61. The molecule has 0 aromatic heterocycles. The normalized spacial score (nSPS) is 10.5. The van der Waals surface area contributed by atoms with E-state index in [1.807, 2.05) is 19.1 Å². The Hall–Kier alpha value is -2.29. The van der Waals surface area contributed by atoms with E-state index >= 15 is 0 Å². The van der Waals surface area contributed by atoms with Crippen LogP contribution in [-0.2, 0) is 17.8 Å². The molecule has 0 bridgehead atoms. The van der Waals surface area contributed by atoms with E-state index in [9.17, 15) is 4.79 Å². The lowest BCUT2D eigenvalue weighted by Crippen LogP contribution is -1.99. The van der Waals surface area contributed by atoms with E-state index in [1.165, 1.54) is 5.56 Å². The quantitative estimate of drug-likeness (QED) is 0.829. The Balaban J connectivity index is 1.91. The summed E-state index contributed by atoms with van der Waals surface area (Å²) >= 11 is 0. The van der Waals surface area contributed by atoms with E-state index in [0.717, 1.165) is 28.9 Å². The molecule has 0 saturated carbocycles. The van der Waals surface area contributed by atoms with Crippen molar-refractivity contribution in [3.8, 4) is 5.75 Å². The van der Waals surface area contributed by atoms with Crippen molar-refractivity contribution in [2.24, 2.45) is 0 Å². The average Bonchev–Trinajstić information content (AvgIpc) is 2.48. The topological polar surface area (TPSA) is 46.5 Å². The van der Waals surface area contributed by atoms with Crippen LogP contribution < -0.4 is 4.74 Å². The van der Waals surface area contributed by atoms with Crippen LogP contribution in [0.25, 0.3) is 0 Å². The zero-order chi connectivity index (χ0) is 15.9. The molecule has 0 spiro atoms. The monoisotopic (exact) mass is 298 g/mol. The van der Waals surface area contributed by atoms with Gasteiger partial charge >= 0.3 is 5.97 Å². The van der Waals surface area contributed by atoms with Crippen LogP contribution in [0.3, 0.4) is 0 Å². The van der Waals surface area contributed by atoms with Gasteiger partial charge in [0.15, 0.2) is 0 Å². The Bertz CT molecular complexity index is 630. The predicted molar refractivity (Wildman–Crippen MR) is 87.3 cm³/mol. The Morgan fingerprint density at radius 2 is 1.73 bits per heavy atom. The molecule has 0 unspecified atom stereocenters. The summed E-state index contributed by atoms with van der Waals surface area (Å²) in [6, 6.07) is 14.4. The molecule has 2 rings (SSSR count). The zero-order valence-corrected chi connectivity index (χ0v) is 13.1. The first kappa shape index (κ1) is 16.1. The van der Waals surface area contributed by atoms with Gasteiger partial charge in [-0.2, -0.15) is 0 Å². The summed E-state index contributed by atoms with van der Waals surface area (Å²) in [5, 5.41) is 8.67. The molecular weight excluding hydrogens is 276 g/mol. The Labute approximate surface area is 131 Å². The first-order valence-corrected chi connectivity index (χ1v) is 7.54. The number of benzene rings is 2. The number of ether oxygens (including phenoxy) is 1. The van der Waals surface area contributed by atoms with Crippen molar-refractivity contribution in [1.29, 1.82) is 0 Å². The van der Waals surface area contributed by atoms with Crippen LogP contribution in [-0.4, -0.2) is 11.1 Å². The Morgan fingerprint density at radius 3 is 2.36 bits per heavy atom. The van der Waals surface area contributed by atoms with Crippen molar-refractivity contribution in [2.45, 2.75) is 39.7 Å². The molecule has 3 heteroatoms. The molecule has 0 saturated heterocycles. The van der Waals surface area contributed by atoms with Gasteiger partial charge in [0, 0.05) is 6.42 Å². The summed E-state index contributed by atoms with van der Waals surface area (Å²) < 4.78 is 5.87. The molecule has 0 aliphatic carbocycles. The van der Waals surface area contributed by atoms with Crippen LogP contribution in [0.15, 0.2) is 42.5 Å². The van der Waals surface area contributed by atoms with Gasteiger partial charge in [-0.3, -0.25) is 4.79 Å². The molecule has 0 heterocycles. The van der Waals surface area contributed by atoms with Crippen molar-refractivity contribution in [3.05, 3.63) is 64.7 Å². The van der Waals surface area contributed by atoms with Gasteiger partial charge in [0.05, 0.1) is 0 Å². The fourth-order valence-corrected chi connectivity index (χ4v) is 2.32. The van der Waals surface area contributed by atoms with Crippen molar-refractivity contribution in [1.82, 2.24) is 0 Å². The predicted octanol–water partition coefficient (Wildman–Crippen LogP) is 4.29. The van der Waals surface area contributed by atoms with Crippen LogP contribution in [0.4, 0.5) is 0 Å². The number of aliphatic carboxylic acids is 1. The van der Waals surface area contributed by atoms with E-state index in [-0.39, 0.29) is 6.42 Å². The number of carbonyl (C=O) groups is 1. The lowest BCUT2D eigenvalue weighted by atomic mass is 10.1. The highest BCUT2D eigenvalue weighted by Gasteiger charge is 2.04. The van der Waals surface area contributed by atoms with Crippen molar-refractivity contribution in [3.63, 3.8) is 0 Å². The number of carboxylic acid groups (broad SMARTS) is 1. The minimum atomic E-state index is -0.741. The van der Waals surface area contributed by atoms with E-state index in [4.69, 9.17) is 9.84 Å². The number of aryl methyl sites for hydroxylation is 3. The molecule has 1 N–H and O–H groups in total. The lowest BCUT2D eigenvalue weighted by Gasteiger charge is -2.11. The molecule has 0 fully saturated rings. The molecule has 0 atom stereocenters. The Kier molecular flexibility index (Phi) is 5.59. The molecule has 0 radical (unpaired) electrons. The van der Waals surface area contributed by atoms with Gasteiger partial charge in [-0.05, 0) is 49.4 Å². The summed E-state index contributed by atoms with van der Waals surface area (Å²) in [7, 11) is 0. The van der Waals surface area contributed by atoms with Crippen LogP contribution in [0.2, 0.25) is 0 Å². The maximum atomic E-state index is 10.5. The highest BCUT2D eigenvalue weighted by Crippen LogP contribution is 2.21. The lowest BCUT2D eigenvalue weighted by molar-refractivity contribution is -0.137. The van der Waals surface area contributed by atoms with E-state index in [0.29, 0.717) is 13.0 Å². The Morgan fingerprint density at radius 1 is 1.05 bits per heavy atom. The minimum absolute atomic E-state index is 0.213. The minimum Gasteiger partial charge on any atom is -0.489 e. The number of hydrogen-bond donors (Lipinski definition) is 1. The third-order valence-corrected chi connectivity index (χ3v) is 3.61. The fourth-order valence-electron chi connectivity index (χ4n) is 2.32. The third kappa shape index (κ3) is 4.92. The summed E-state index contributed by atoms with van der Waals surface area (Å²) in [4.78, 5) is 10.5. The first-order valence-electron chi connectivity index (χ1n) is 7.54. The van der Waals surface area contributed by atoms with Crippen LogP contribution in [0.1, 0.15) is 35.1 Å². The summed E-state index contributed by atoms with van der Waals surface area (Å²) in [6.07, 6.45) is 1.66. The van der Waals surface area contributed by atoms with Gasteiger partial charge in [0.2, 0.25) is 0 Å². The van der Waals surface area contributed by atoms with Crippen LogP contribution >= 0.6 is 0 Å². The van der Waals surface area contributed by atoms with Gasteiger partial charge in [-0.25, -0.2) is 0 Å². The van der Waals surface area contributed by atoms with Crippen molar-refractivity contribution in [2.75, 3.05) is 0 Å². The molecule has 116 valence electrons. The van der Waals surface area contributed by atoms with Gasteiger partial charge in [0.1, 0.15) is 12.4 Å². The van der Waals surface area contributed by atoms with Crippen LogP contribution in [0, 0.1) is 13.8 Å². The van der Waals surface area contributed by atoms with Crippen LogP contribution in [0.5, 0.6) is 5.75 Å². The van der Waals surface area contributed by atoms with E-state index in [2.05, 4.69) is 37.3 Å². The second-order valence-corrected chi connectivity index (χ2v) is 5.62. The second kappa shape index (κ2) is 7.64. The molecule has 22 heavy (non-hydrogen) atoms. The van der Waals surface area contributed by atoms with Gasteiger partial charge in [-0.15, -0.1) is 0 Å². The molecule has 3 nitrogen and oxygen atoms in total. The molecule has 0 amide bonds. The number of rotatable bonds is 7. The highest BCUT2D eigenvalue weighted by atomic mass is 16.5. The van der Waals surface area contributed by atoms with Crippen molar-refractivity contribution >= 4 is 5.97 Å². The molecule has 0 aliphatic heterocycles. The summed E-state index contributed by atoms with van der Waals surface area (Å²) in [5.74, 6) is 0.136. The summed E-state index contributed by atoms with van der Waals surface area (Å²) in [5.41, 5.74) is 4.63. The molecule has 0 aliphatic rings. The standard InChI is InChI=1S/C19H22O3/c1-14-6-8-17(9-7-14)13-22-18-11-10-16(12-15(18)2)4-3-5-19(20)21/h6-12H,3-5,13H2,1-2H3,(H,20,21). The zero-order valence-electron chi connectivity index (χ0n) is 13.1. The molecule has 2 aromatic rings. The maximum absolute atomic E-state index is 10.5. The smallest absolute Gasteiger partial charge is 0.303 e. The number of hydrogen-bond acceptors (Lipinski definition) is 2. The SMILES string of the molecule is Cc1ccc(COc2ccc(CCCC(=O)O)cc2C)cc1. The number of carboxylic acids is 1. The highest BCUT2D eigenvalue weighted by molar-refractivity contribution is 5.66. The molecular formula is C19H22O3. The average molecular weight is 298 g/mol. The maximum Gasteiger partial charge on any atom is 0.303 e. The van der Waals surface area contributed by atoms with E-state index < -0.39 is 5.97 Å². The van der Waals surface area contributed by atoms with Gasteiger partial charge in [0.25, 0.3) is 0 Å². The summed E-state index contributed by atoms with van der Waals surface area (Å²) in [6.45, 7) is 4.64. The van der Waals surface area contributed by atoms with Gasteiger partial charge in [-0.1, -0.05) is 42.0 Å².